The molecule has 2 atom stereocenters. The van der Waals surface area contributed by atoms with Gasteiger partial charge in [0.05, 0.1) is 19.1 Å². The number of piperidine rings is 1. The van der Waals surface area contributed by atoms with E-state index in [2.05, 4.69) is 49.3 Å². The van der Waals surface area contributed by atoms with Crippen LogP contribution >= 0.6 is 24.0 Å². The number of nitrogens with one attached hydrogen (secondary N) is 1. The Morgan fingerprint density at radius 3 is 2.70 bits per heavy atom. The number of nitrogens with zero attached hydrogens (tertiary/aromatic N) is 4. The van der Waals surface area contributed by atoms with Gasteiger partial charge in [0.15, 0.2) is 5.96 Å². The molecule has 1 aromatic carbocycles. The second-order valence-electron chi connectivity index (χ2n) is 9.23. The molecule has 3 fully saturated rings. The molecule has 0 radical (unpaired) electrons. The van der Waals surface area contributed by atoms with E-state index in [1.54, 1.807) is 0 Å². The molecule has 2 unspecified atom stereocenters. The van der Waals surface area contributed by atoms with E-state index in [-0.39, 0.29) is 35.8 Å². The quantitative estimate of drug-likeness (QED) is 0.306. The number of guanidine groups is 1. The van der Waals surface area contributed by atoms with Crippen LogP contribution in [0.4, 0.5) is 0 Å². The van der Waals surface area contributed by atoms with Crippen molar-refractivity contribution in [3.05, 3.63) is 35.4 Å². The molecule has 184 valence electrons. The molecule has 8 nitrogen and oxygen atoms in total. The highest BCUT2D eigenvalue weighted by Gasteiger charge is 2.30. The maximum absolute atomic E-state index is 11.6. The fourth-order valence-electron chi connectivity index (χ4n) is 5.22. The van der Waals surface area contributed by atoms with Crippen LogP contribution in [-0.4, -0.2) is 92.1 Å². The van der Waals surface area contributed by atoms with Crippen molar-refractivity contribution in [1.82, 2.24) is 20.0 Å². The van der Waals surface area contributed by atoms with Crippen molar-refractivity contribution in [3.63, 3.8) is 0 Å². The number of morpholine rings is 1. The van der Waals surface area contributed by atoms with Crippen LogP contribution in [0.2, 0.25) is 0 Å². The lowest BCUT2D eigenvalue weighted by molar-refractivity contribution is -0.123. The largest absolute Gasteiger partial charge is 0.379 e. The fraction of sp³-hybridized carbons (Fsp3) is 0.667. The van der Waals surface area contributed by atoms with Crippen LogP contribution in [-0.2, 0) is 22.6 Å². The number of nitrogens with two attached hydrogens (primary N) is 1. The van der Waals surface area contributed by atoms with Gasteiger partial charge in [0, 0.05) is 58.9 Å². The van der Waals surface area contributed by atoms with Crippen molar-refractivity contribution in [2.24, 2.45) is 16.6 Å². The van der Waals surface area contributed by atoms with E-state index < -0.39 is 0 Å². The number of ether oxygens (including phenoxy) is 1. The van der Waals surface area contributed by atoms with E-state index in [0.29, 0.717) is 6.04 Å². The number of carbonyl (C=O) groups excluding carboxylic acids is 1. The molecule has 9 heteroatoms. The number of amides is 1. The highest BCUT2D eigenvalue weighted by molar-refractivity contribution is 14.0. The van der Waals surface area contributed by atoms with E-state index in [1.165, 1.54) is 17.5 Å². The molecule has 1 amide bonds. The SMILES string of the molecule is CN=C(NCc1cccc(CN2CCCC(C(N)=O)C2)c1)N1CCC(N2CCOCC2)C1.I. The van der Waals surface area contributed by atoms with Crippen molar-refractivity contribution in [1.29, 1.82) is 0 Å². The molecule has 33 heavy (non-hydrogen) atoms. The van der Waals surface area contributed by atoms with Gasteiger partial charge in [0.1, 0.15) is 0 Å². The summed E-state index contributed by atoms with van der Waals surface area (Å²) in [5.41, 5.74) is 8.06. The van der Waals surface area contributed by atoms with Crippen molar-refractivity contribution < 1.29 is 9.53 Å². The third-order valence-electron chi connectivity index (χ3n) is 6.99. The summed E-state index contributed by atoms with van der Waals surface area (Å²) in [6.45, 7) is 9.24. The first-order valence-electron chi connectivity index (χ1n) is 12.0. The first-order valence-corrected chi connectivity index (χ1v) is 12.0. The Morgan fingerprint density at radius 1 is 1.15 bits per heavy atom. The lowest BCUT2D eigenvalue weighted by Gasteiger charge is -2.32. The predicted molar refractivity (Wildman–Crippen MR) is 142 cm³/mol. The minimum Gasteiger partial charge on any atom is -0.379 e. The molecule has 4 rings (SSSR count). The van der Waals surface area contributed by atoms with Gasteiger partial charge in [-0.15, -0.1) is 24.0 Å². The van der Waals surface area contributed by atoms with Gasteiger partial charge in [-0.2, -0.15) is 0 Å². The lowest BCUT2D eigenvalue weighted by atomic mass is 9.97. The standard InChI is InChI=1S/C24H38N6O2.HI/c1-26-24(30-9-7-22(18-30)29-10-12-32-13-11-29)27-15-19-4-2-5-20(14-19)16-28-8-3-6-21(17-28)23(25)31;/h2,4-5,14,21-22H,3,6-13,15-18H2,1H3,(H2,25,31)(H,26,27);1H. The maximum atomic E-state index is 11.6. The van der Waals surface area contributed by atoms with Crippen LogP contribution in [0.5, 0.6) is 0 Å². The Morgan fingerprint density at radius 2 is 1.94 bits per heavy atom. The van der Waals surface area contributed by atoms with Gasteiger partial charge in [0.25, 0.3) is 0 Å². The molecule has 0 spiro atoms. The average molecular weight is 571 g/mol. The number of rotatable bonds is 6. The van der Waals surface area contributed by atoms with Crippen molar-refractivity contribution in [2.75, 3.05) is 59.5 Å². The summed E-state index contributed by atoms with van der Waals surface area (Å²) in [7, 11) is 1.87. The van der Waals surface area contributed by atoms with Gasteiger partial charge < -0.3 is 20.7 Å². The zero-order valence-electron chi connectivity index (χ0n) is 19.7. The summed E-state index contributed by atoms with van der Waals surface area (Å²) in [5.74, 6) is 0.793. The van der Waals surface area contributed by atoms with Crippen LogP contribution in [0, 0.1) is 5.92 Å². The molecule has 3 N–H and O–H groups in total. The van der Waals surface area contributed by atoms with Crippen molar-refractivity contribution in [2.45, 2.75) is 38.4 Å². The molecule has 0 aliphatic carbocycles. The van der Waals surface area contributed by atoms with E-state index in [0.717, 1.165) is 84.4 Å². The van der Waals surface area contributed by atoms with Gasteiger partial charge >= 0.3 is 0 Å². The summed E-state index contributed by atoms with van der Waals surface area (Å²) in [5, 5.41) is 3.56. The molecular formula is C24H39IN6O2. The smallest absolute Gasteiger partial charge is 0.221 e. The van der Waals surface area contributed by atoms with Gasteiger partial charge in [-0.1, -0.05) is 24.3 Å². The van der Waals surface area contributed by atoms with Crippen LogP contribution in [0.3, 0.4) is 0 Å². The Hall–Kier alpha value is -1.43. The molecule has 3 aliphatic heterocycles. The van der Waals surface area contributed by atoms with Crippen LogP contribution < -0.4 is 11.1 Å². The predicted octanol–water partition coefficient (Wildman–Crippen LogP) is 1.48. The molecule has 1 aromatic rings. The summed E-state index contributed by atoms with van der Waals surface area (Å²) in [6, 6.07) is 9.30. The number of likely N-dealkylation sites (tertiary alicyclic amines) is 2. The molecule has 3 aliphatic rings. The van der Waals surface area contributed by atoms with Gasteiger partial charge in [-0.3, -0.25) is 19.6 Å². The zero-order chi connectivity index (χ0) is 22.3. The second-order valence-corrected chi connectivity index (χ2v) is 9.23. The monoisotopic (exact) mass is 570 g/mol. The third kappa shape index (κ3) is 7.27. The first-order chi connectivity index (χ1) is 15.6. The van der Waals surface area contributed by atoms with E-state index in [9.17, 15) is 4.79 Å². The highest BCUT2D eigenvalue weighted by atomic mass is 127. The molecular weight excluding hydrogens is 531 g/mol. The molecule has 0 aromatic heterocycles. The number of hydrogen-bond acceptors (Lipinski definition) is 5. The Kier molecular flexibility index (Phi) is 10.2. The van der Waals surface area contributed by atoms with Crippen LogP contribution in [0.15, 0.2) is 29.3 Å². The van der Waals surface area contributed by atoms with E-state index >= 15 is 0 Å². The number of primary amides is 1. The minimum atomic E-state index is -0.170. The van der Waals surface area contributed by atoms with Crippen LogP contribution in [0.1, 0.15) is 30.4 Å². The van der Waals surface area contributed by atoms with Gasteiger partial charge in [-0.05, 0) is 36.9 Å². The average Bonchev–Trinajstić information content (AvgIpc) is 3.31. The summed E-state index contributed by atoms with van der Waals surface area (Å²) < 4.78 is 5.50. The number of halogens is 1. The normalized spacial score (nSPS) is 25.0. The van der Waals surface area contributed by atoms with Crippen LogP contribution in [0.25, 0.3) is 0 Å². The highest BCUT2D eigenvalue weighted by Crippen LogP contribution is 2.19. The Balaban J connectivity index is 0.00000306. The number of benzene rings is 1. The lowest BCUT2D eigenvalue weighted by Crippen LogP contribution is -2.46. The number of hydrogen-bond donors (Lipinski definition) is 2. The minimum absolute atomic E-state index is 0. The third-order valence-corrected chi connectivity index (χ3v) is 6.99. The van der Waals surface area contributed by atoms with Crippen molar-refractivity contribution >= 4 is 35.8 Å². The Labute approximate surface area is 214 Å². The molecule has 3 heterocycles. The van der Waals surface area contributed by atoms with E-state index in [1.807, 2.05) is 7.05 Å². The maximum Gasteiger partial charge on any atom is 0.221 e. The molecule has 0 saturated carbocycles. The summed E-state index contributed by atoms with van der Waals surface area (Å²) >= 11 is 0. The summed E-state index contributed by atoms with van der Waals surface area (Å²) in [4.78, 5) is 23.4. The number of carbonyl (C=O) groups is 1. The van der Waals surface area contributed by atoms with E-state index in [4.69, 9.17) is 10.5 Å². The second kappa shape index (κ2) is 12.9. The first kappa shape index (κ1) is 26.2. The Bertz CT molecular complexity index is 801. The molecule has 3 saturated heterocycles. The fourth-order valence-corrected chi connectivity index (χ4v) is 5.22. The zero-order valence-corrected chi connectivity index (χ0v) is 22.1. The van der Waals surface area contributed by atoms with Gasteiger partial charge in [-0.25, -0.2) is 0 Å². The number of aliphatic imine (C=N–C) groups is 1. The summed E-state index contributed by atoms with van der Waals surface area (Å²) in [6.07, 6.45) is 3.13. The topological polar surface area (TPSA) is 86.4 Å². The van der Waals surface area contributed by atoms with Gasteiger partial charge in [0.2, 0.25) is 5.91 Å². The molecule has 0 bridgehead atoms. The van der Waals surface area contributed by atoms with Crippen molar-refractivity contribution in [3.8, 4) is 0 Å².